The maximum atomic E-state index is 10.9. The average molecular weight is 162 g/mol. The molecular formula is C7H14O2S. The number of rotatable bonds is 2. The van der Waals surface area contributed by atoms with E-state index in [1.54, 1.807) is 0 Å². The van der Waals surface area contributed by atoms with Gasteiger partial charge in [-0.3, -0.25) is 0 Å². The van der Waals surface area contributed by atoms with Gasteiger partial charge in [-0.05, 0) is 18.8 Å². The largest absolute Gasteiger partial charge is 0.229 e. The van der Waals surface area contributed by atoms with Gasteiger partial charge in [0, 0.05) is 0 Å². The summed E-state index contributed by atoms with van der Waals surface area (Å²) < 4.78 is 21.8. The molecule has 2 nitrogen and oxygen atoms in total. The van der Waals surface area contributed by atoms with Crippen molar-refractivity contribution in [3.8, 4) is 0 Å². The summed E-state index contributed by atoms with van der Waals surface area (Å²) in [5.41, 5.74) is 0. The van der Waals surface area contributed by atoms with Gasteiger partial charge in [0.25, 0.3) is 0 Å². The Morgan fingerprint density at radius 2 is 2.20 bits per heavy atom. The molecule has 1 rings (SSSR count). The second-order valence-corrected chi connectivity index (χ2v) is 5.29. The van der Waals surface area contributed by atoms with Gasteiger partial charge in [-0.2, -0.15) is 0 Å². The summed E-state index contributed by atoms with van der Waals surface area (Å²) in [4.78, 5) is 0. The molecule has 1 saturated heterocycles. The van der Waals surface area contributed by atoms with Crippen LogP contribution in [0.1, 0.15) is 26.2 Å². The van der Waals surface area contributed by atoms with Gasteiger partial charge in [0.05, 0.1) is 11.5 Å². The van der Waals surface area contributed by atoms with Gasteiger partial charge in [0.2, 0.25) is 0 Å². The van der Waals surface area contributed by atoms with E-state index in [1.807, 2.05) is 0 Å². The minimum atomic E-state index is -2.62. The summed E-state index contributed by atoms with van der Waals surface area (Å²) >= 11 is 0. The first kappa shape index (κ1) is 8.05. The van der Waals surface area contributed by atoms with Crippen LogP contribution in [0.3, 0.4) is 0 Å². The lowest BCUT2D eigenvalue weighted by Gasteiger charge is -2.01. The van der Waals surface area contributed by atoms with Crippen LogP contribution in [0.2, 0.25) is 0 Å². The highest BCUT2D eigenvalue weighted by molar-refractivity contribution is 7.91. The van der Waals surface area contributed by atoms with E-state index in [0.717, 1.165) is 19.3 Å². The van der Waals surface area contributed by atoms with Gasteiger partial charge in [0.1, 0.15) is 0 Å². The van der Waals surface area contributed by atoms with E-state index in [4.69, 9.17) is 0 Å². The molecule has 3 heteroatoms. The van der Waals surface area contributed by atoms with Gasteiger partial charge in [-0.1, -0.05) is 13.3 Å². The minimum Gasteiger partial charge on any atom is -0.229 e. The van der Waals surface area contributed by atoms with Crippen LogP contribution in [0.4, 0.5) is 0 Å². The highest BCUT2D eigenvalue weighted by Crippen LogP contribution is 2.22. The lowest BCUT2D eigenvalue weighted by Crippen LogP contribution is -2.04. The highest BCUT2D eigenvalue weighted by Gasteiger charge is 2.26. The van der Waals surface area contributed by atoms with Crippen LogP contribution in [0.15, 0.2) is 0 Å². The van der Waals surface area contributed by atoms with Crippen LogP contribution in [0.25, 0.3) is 0 Å². The Morgan fingerprint density at radius 3 is 2.60 bits per heavy atom. The molecule has 0 saturated carbocycles. The van der Waals surface area contributed by atoms with Crippen molar-refractivity contribution in [3.63, 3.8) is 0 Å². The smallest absolute Gasteiger partial charge is 0.150 e. The normalized spacial score (nSPS) is 30.7. The zero-order valence-corrected chi connectivity index (χ0v) is 7.15. The lowest BCUT2D eigenvalue weighted by molar-refractivity contribution is 0.534. The molecule has 1 unspecified atom stereocenters. The molecule has 10 heavy (non-hydrogen) atoms. The van der Waals surface area contributed by atoms with Crippen molar-refractivity contribution in [2.75, 3.05) is 11.5 Å². The van der Waals surface area contributed by atoms with Crippen molar-refractivity contribution in [3.05, 3.63) is 0 Å². The number of hydrogen-bond donors (Lipinski definition) is 0. The fourth-order valence-electron chi connectivity index (χ4n) is 1.51. The number of sulfone groups is 1. The molecule has 0 amide bonds. The molecule has 60 valence electrons. The van der Waals surface area contributed by atoms with E-state index in [-0.39, 0.29) is 0 Å². The van der Waals surface area contributed by atoms with Crippen molar-refractivity contribution >= 4 is 9.84 Å². The Morgan fingerprint density at radius 1 is 1.50 bits per heavy atom. The highest BCUT2D eigenvalue weighted by atomic mass is 32.2. The van der Waals surface area contributed by atoms with Gasteiger partial charge in [-0.15, -0.1) is 0 Å². The van der Waals surface area contributed by atoms with Crippen molar-refractivity contribution in [1.29, 1.82) is 0 Å². The van der Waals surface area contributed by atoms with Gasteiger partial charge in [0.15, 0.2) is 9.84 Å². The van der Waals surface area contributed by atoms with E-state index in [9.17, 15) is 8.42 Å². The molecule has 0 aromatic carbocycles. The first-order chi connectivity index (χ1) is 4.64. The average Bonchev–Trinajstić information content (AvgIpc) is 2.12. The van der Waals surface area contributed by atoms with Crippen molar-refractivity contribution in [2.45, 2.75) is 26.2 Å². The first-order valence-corrected chi connectivity index (χ1v) is 5.66. The topological polar surface area (TPSA) is 34.1 Å². The molecular weight excluding hydrogens is 148 g/mol. The van der Waals surface area contributed by atoms with E-state index in [0.29, 0.717) is 17.4 Å². The fraction of sp³-hybridized carbons (Fsp3) is 1.00. The summed E-state index contributed by atoms with van der Waals surface area (Å²) in [6, 6.07) is 0. The molecule has 1 aliphatic rings. The number of hydrogen-bond acceptors (Lipinski definition) is 2. The van der Waals surface area contributed by atoms with E-state index in [2.05, 4.69) is 6.92 Å². The van der Waals surface area contributed by atoms with Crippen LogP contribution in [-0.4, -0.2) is 19.9 Å². The molecule has 1 atom stereocenters. The predicted octanol–water partition coefficient (Wildman–Crippen LogP) is 1.22. The lowest BCUT2D eigenvalue weighted by atomic mass is 10.0. The third-order valence-corrected chi connectivity index (χ3v) is 3.86. The molecule has 0 N–H and O–H groups in total. The molecule has 1 heterocycles. The Kier molecular flexibility index (Phi) is 2.34. The second-order valence-electron chi connectivity index (χ2n) is 3.06. The molecule has 0 aromatic heterocycles. The van der Waals surface area contributed by atoms with E-state index in [1.165, 1.54) is 0 Å². The molecule has 0 aliphatic carbocycles. The van der Waals surface area contributed by atoms with Crippen LogP contribution in [0.5, 0.6) is 0 Å². The van der Waals surface area contributed by atoms with E-state index >= 15 is 0 Å². The third-order valence-electron chi connectivity index (χ3n) is 2.02. The van der Waals surface area contributed by atoms with Gasteiger partial charge in [-0.25, -0.2) is 8.42 Å². The predicted molar refractivity (Wildman–Crippen MR) is 41.7 cm³/mol. The zero-order valence-electron chi connectivity index (χ0n) is 6.34. The Hall–Kier alpha value is -0.0500. The van der Waals surface area contributed by atoms with Crippen LogP contribution >= 0.6 is 0 Å². The van der Waals surface area contributed by atoms with Crippen molar-refractivity contribution in [2.24, 2.45) is 5.92 Å². The fourth-order valence-corrected chi connectivity index (χ4v) is 3.42. The molecule has 0 bridgehead atoms. The second kappa shape index (κ2) is 2.91. The summed E-state index contributed by atoms with van der Waals surface area (Å²) in [5, 5.41) is 0. The first-order valence-electron chi connectivity index (χ1n) is 3.84. The summed E-state index contributed by atoms with van der Waals surface area (Å²) in [7, 11) is -2.62. The van der Waals surface area contributed by atoms with Gasteiger partial charge < -0.3 is 0 Å². The molecule has 1 fully saturated rings. The van der Waals surface area contributed by atoms with Crippen molar-refractivity contribution < 1.29 is 8.42 Å². The molecule has 0 aromatic rings. The minimum absolute atomic E-state index is 0.428. The van der Waals surface area contributed by atoms with Crippen LogP contribution in [0, 0.1) is 5.92 Å². The van der Waals surface area contributed by atoms with Gasteiger partial charge >= 0.3 is 0 Å². The Labute approximate surface area is 62.5 Å². The quantitative estimate of drug-likeness (QED) is 0.612. The molecule has 0 radical (unpaired) electrons. The van der Waals surface area contributed by atoms with Crippen LogP contribution in [-0.2, 0) is 9.84 Å². The molecule has 1 aliphatic heterocycles. The summed E-state index contributed by atoms with van der Waals surface area (Å²) in [6.45, 7) is 2.10. The monoisotopic (exact) mass is 162 g/mol. The summed E-state index contributed by atoms with van der Waals surface area (Å²) in [6.07, 6.45) is 3.09. The van der Waals surface area contributed by atoms with E-state index < -0.39 is 9.84 Å². The zero-order chi connectivity index (χ0) is 7.61. The van der Waals surface area contributed by atoms with Crippen LogP contribution < -0.4 is 0 Å². The molecule has 0 spiro atoms. The maximum absolute atomic E-state index is 10.9. The Bertz CT molecular complexity index is 194. The van der Waals surface area contributed by atoms with Crippen molar-refractivity contribution in [1.82, 2.24) is 0 Å². The standard InChI is InChI=1S/C7H14O2S/c1-2-3-7-4-5-10(8,9)6-7/h7H,2-6H2,1H3. The Balaban J connectivity index is 2.44. The SMILES string of the molecule is CCCC1CCS(=O)(=O)C1. The maximum Gasteiger partial charge on any atom is 0.150 e. The summed E-state index contributed by atoms with van der Waals surface area (Å²) in [5.74, 6) is 1.34. The third kappa shape index (κ3) is 1.97.